The predicted molar refractivity (Wildman–Crippen MR) is 107 cm³/mol. The lowest BCUT2D eigenvalue weighted by Crippen LogP contribution is -2.41. The van der Waals surface area contributed by atoms with E-state index >= 15 is 0 Å². The molecule has 0 aliphatic carbocycles. The molecule has 0 saturated carbocycles. The van der Waals surface area contributed by atoms with E-state index in [-0.39, 0.29) is 0 Å². The Morgan fingerprint density at radius 3 is 2.85 bits per heavy atom. The first kappa shape index (κ1) is 18.3. The molecule has 2 N–H and O–H groups in total. The van der Waals surface area contributed by atoms with E-state index in [0.717, 1.165) is 30.5 Å². The lowest BCUT2D eigenvalue weighted by atomic mass is 10.2. The number of aromatic nitrogens is 3. The summed E-state index contributed by atoms with van der Waals surface area (Å²) in [7, 11) is 4.19. The van der Waals surface area contributed by atoms with Crippen molar-refractivity contribution in [2.75, 3.05) is 27.2 Å². The first-order valence-electron chi connectivity index (χ1n) is 8.69. The Balaban J connectivity index is 1.69. The van der Waals surface area contributed by atoms with Crippen LogP contribution in [0.1, 0.15) is 23.7 Å². The molecule has 0 spiro atoms. The van der Waals surface area contributed by atoms with E-state index in [0.29, 0.717) is 12.6 Å². The van der Waals surface area contributed by atoms with Crippen molar-refractivity contribution in [2.45, 2.75) is 19.5 Å². The standard InChI is InChI=1S/C18H25N7S/c1-4-19-18(20-12-14(24(2)3)15-8-7-11-26-15)21-13-17-23-22-16-9-5-6-10-25(16)17/h5-11,14H,4,12-13H2,1-3H3,(H2,19,20,21). The van der Waals surface area contributed by atoms with E-state index in [2.05, 4.69) is 69.3 Å². The lowest BCUT2D eigenvalue weighted by molar-refractivity contribution is 0.302. The van der Waals surface area contributed by atoms with Gasteiger partial charge in [-0.3, -0.25) is 4.40 Å². The number of guanidine groups is 1. The van der Waals surface area contributed by atoms with Crippen molar-refractivity contribution in [1.29, 1.82) is 0 Å². The Kier molecular flexibility index (Phi) is 6.19. The fourth-order valence-electron chi connectivity index (χ4n) is 2.70. The van der Waals surface area contributed by atoms with Gasteiger partial charge < -0.3 is 15.5 Å². The molecule has 1 atom stereocenters. The number of nitrogens with one attached hydrogen (secondary N) is 2. The molecule has 0 aliphatic heterocycles. The number of rotatable bonds is 7. The number of fused-ring (bicyclic) bond motifs is 1. The maximum absolute atomic E-state index is 4.67. The first-order valence-corrected chi connectivity index (χ1v) is 9.57. The molecule has 0 radical (unpaired) electrons. The van der Waals surface area contributed by atoms with Gasteiger partial charge in [0.1, 0.15) is 6.54 Å². The smallest absolute Gasteiger partial charge is 0.191 e. The summed E-state index contributed by atoms with van der Waals surface area (Å²) < 4.78 is 1.96. The summed E-state index contributed by atoms with van der Waals surface area (Å²) in [5, 5.41) is 17.3. The summed E-state index contributed by atoms with van der Waals surface area (Å²) in [6, 6.07) is 10.4. The van der Waals surface area contributed by atoms with Gasteiger partial charge in [0.05, 0.1) is 6.04 Å². The number of hydrogen-bond acceptors (Lipinski definition) is 5. The van der Waals surface area contributed by atoms with Gasteiger partial charge in [0, 0.05) is 24.2 Å². The molecule has 3 aromatic rings. The van der Waals surface area contributed by atoms with Gasteiger partial charge in [-0.1, -0.05) is 12.1 Å². The second-order valence-corrected chi connectivity index (χ2v) is 7.10. The van der Waals surface area contributed by atoms with Crippen molar-refractivity contribution in [1.82, 2.24) is 30.1 Å². The van der Waals surface area contributed by atoms with Crippen LogP contribution in [0.5, 0.6) is 0 Å². The number of nitrogens with zero attached hydrogens (tertiary/aromatic N) is 5. The number of hydrogen-bond donors (Lipinski definition) is 2. The maximum atomic E-state index is 4.67. The minimum atomic E-state index is 0.299. The highest BCUT2D eigenvalue weighted by atomic mass is 32.1. The lowest BCUT2D eigenvalue weighted by Gasteiger charge is -2.24. The molecule has 7 nitrogen and oxygen atoms in total. The second kappa shape index (κ2) is 8.77. The SMILES string of the molecule is CCNC(=NCc1nnc2ccccn12)NCC(c1cccs1)N(C)C. The third-order valence-electron chi connectivity index (χ3n) is 4.06. The molecule has 26 heavy (non-hydrogen) atoms. The van der Waals surface area contributed by atoms with Crippen molar-refractivity contribution in [3.63, 3.8) is 0 Å². The summed E-state index contributed by atoms with van der Waals surface area (Å²) in [6.45, 7) is 4.11. The van der Waals surface area contributed by atoms with Crippen LogP contribution in [0, 0.1) is 0 Å². The van der Waals surface area contributed by atoms with Crippen LogP contribution in [0.4, 0.5) is 0 Å². The van der Waals surface area contributed by atoms with Crippen molar-refractivity contribution >= 4 is 22.9 Å². The van der Waals surface area contributed by atoms with Gasteiger partial charge in [-0.2, -0.15) is 0 Å². The molecule has 3 rings (SSSR count). The fraction of sp³-hybridized carbons (Fsp3) is 0.389. The summed E-state index contributed by atoms with van der Waals surface area (Å²) in [4.78, 5) is 8.23. The Labute approximate surface area is 157 Å². The molecular weight excluding hydrogens is 346 g/mol. The zero-order chi connectivity index (χ0) is 18.4. The molecule has 0 amide bonds. The third kappa shape index (κ3) is 4.39. The second-order valence-electron chi connectivity index (χ2n) is 6.12. The number of pyridine rings is 1. The van der Waals surface area contributed by atoms with E-state index in [9.17, 15) is 0 Å². The summed E-state index contributed by atoms with van der Waals surface area (Å²) in [5.74, 6) is 1.60. The molecule has 8 heteroatoms. The molecule has 3 heterocycles. The monoisotopic (exact) mass is 371 g/mol. The Bertz CT molecular complexity index is 838. The molecule has 138 valence electrons. The Hall–Kier alpha value is -2.45. The maximum Gasteiger partial charge on any atom is 0.191 e. The Morgan fingerprint density at radius 2 is 2.12 bits per heavy atom. The molecule has 3 aromatic heterocycles. The van der Waals surface area contributed by atoms with Crippen LogP contribution in [0.2, 0.25) is 0 Å². The molecule has 0 saturated heterocycles. The number of aliphatic imine (C=N–C) groups is 1. The van der Waals surface area contributed by atoms with E-state index in [4.69, 9.17) is 0 Å². The minimum Gasteiger partial charge on any atom is -0.357 e. The predicted octanol–water partition coefficient (Wildman–Crippen LogP) is 2.15. The first-order chi connectivity index (χ1) is 12.7. The molecule has 1 unspecified atom stereocenters. The summed E-state index contributed by atoms with van der Waals surface area (Å²) in [6.07, 6.45) is 1.96. The largest absolute Gasteiger partial charge is 0.357 e. The van der Waals surface area contributed by atoms with Crippen LogP contribution in [0.15, 0.2) is 46.9 Å². The average molecular weight is 372 g/mol. The van der Waals surface area contributed by atoms with E-state index in [1.54, 1.807) is 11.3 Å². The van der Waals surface area contributed by atoms with E-state index in [1.165, 1.54) is 4.88 Å². The van der Waals surface area contributed by atoms with Gasteiger partial charge in [-0.15, -0.1) is 21.5 Å². The van der Waals surface area contributed by atoms with Gasteiger partial charge in [0.15, 0.2) is 17.4 Å². The van der Waals surface area contributed by atoms with Crippen LogP contribution >= 0.6 is 11.3 Å². The van der Waals surface area contributed by atoms with Crippen molar-refractivity contribution < 1.29 is 0 Å². The highest BCUT2D eigenvalue weighted by molar-refractivity contribution is 7.10. The van der Waals surface area contributed by atoms with E-state index < -0.39 is 0 Å². The topological polar surface area (TPSA) is 69.8 Å². The van der Waals surface area contributed by atoms with E-state index in [1.807, 2.05) is 28.8 Å². The van der Waals surface area contributed by atoms with Crippen LogP contribution in [-0.2, 0) is 6.54 Å². The molecule has 0 fully saturated rings. The minimum absolute atomic E-state index is 0.299. The zero-order valence-corrected chi connectivity index (χ0v) is 16.2. The molecular formula is C18H25N7S. The van der Waals surface area contributed by atoms with Crippen molar-refractivity contribution in [2.24, 2.45) is 4.99 Å². The third-order valence-corrected chi connectivity index (χ3v) is 5.04. The zero-order valence-electron chi connectivity index (χ0n) is 15.4. The molecule has 0 aromatic carbocycles. The van der Waals surface area contributed by atoms with Crippen molar-refractivity contribution in [3.8, 4) is 0 Å². The van der Waals surface area contributed by atoms with Crippen LogP contribution in [0.25, 0.3) is 5.65 Å². The van der Waals surface area contributed by atoms with Crippen LogP contribution in [-0.4, -0.2) is 52.6 Å². The summed E-state index contributed by atoms with van der Waals surface area (Å²) in [5.41, 5.74) is 0.834. The van der Waals surface area contributed by atoms with Gasteiger partial charge in [0.2, 0.25) is 0 Å². The van der Waals surface area contributed by atoms with Crippen molar-refractivity contribution in [3.05, 3.63) is 52.6 Å². The van der Waals surface area contributed by atoms with Crippen LogP contribution < -0.4 is 10.6 Å². The van der Waals surface area contributed by atoms with Gasteiger partial charge >= 0.3 is 0 Å². The number of likely N-dealkylation sites (N-methyl/N-ethyl adjacent to an activating group) is 1. The van der Waals surface area contributed by atoms with Crippen LogP contribution in [0.3, 0.4) is 0 Å². The normalized spacial score (nSPS) is 13.3. The van der Waals surface area contributed by atoms with Gasteiger partial charge in [-0.05, 0) is 44.6 Å². The number of thiophene rings is 1. The highest BCUT2D eigenvalue weighted by Crippen LogP contribution is 2.22. The quantitative estimate of drug-likeness (QED) is 0.492. The average Bonchev–Trinajstić information content (AvgIpc) is 3.29. The molecule has 0 aliphatic rings. The van der Waals surface area contributed by atoms with Gasteiger partial charge in [0.25, 0.3) is 0 Å². The summed E-state index contributed by atoms with van der Waals surface area (Å²) >= 11 is 1.77. The molecule has 0 bridgehead atoms. The fourth-order valence-corrected chi connectivity index (χ4v) is 3.62. The highest BCUT2D eigenvalue weighted by Gasteiger charge is 2.15. The van der Waals surface area contributed by atoms with Gasteiger partial charge in [-0.25, -0.2) is 4.99 Å². The Morgan fingerprint density at radius 1 is 1.23 bits per heavy atom.